The summed E-state index contributed by atoms with van der Waals surface area (Å²) in [6.45, 7) is -4.82. The van der Waals surface area contributed by atoms with Crippen LogP contribution in [0.1, 0.15) is 24.8 Å². The minimum absolute atomic E-state index is 0. The molecule has 1 aromatic carbocycles. The first-order valence-corrected chi connectivity index (χ1v) is 5.43. The molecule has 0 atom stereocenters. The number of hydrogen-bond acceptors (Lipinski definition) is 0. The van der Waals surface area contributed by atoms with E-state index in [0.717, 1.165) is 12.1 Å². The smallest absolute Gasteiger partial charge is 0.449 e. The van der Waals surface area contributed by atoms with Gasteiger partial charge in [0.1, 0.15) is 0 Å². The third kappa shape index (κ3) is 1.85. The molecule has 0 saturated heterocycles. The molecule has 7 heteroatoms. The Labute approximate surface area is 144 Å². The van der Waals surface area contributed by atoms with Crippen molar-refractivity contribution in [1.82, 2.24) is 0 Å². The summed E-state index contributed by atoms with van der Waals surface area (Å²) in [5.41, 5.74) is -0.0513. The van der Waals surface area contributed by atoms with Gasteiger partial charge in [0.25, 0.3) is 0 Å². The van der Waals surface area contributed by atoms with E-state index in [0.29, 0.717) is 5.56 Å². The van der Waals surface area contributed by atoms with Crippen molar-refractivity contribution in [2.45, 2.75) is 30.0 Å². The third-order valence-corrected chi connectivity index (χ3v) is 4.30. The van der Waals surface area contributed by atoms with Gasteiger partial charge >= 0.3 is 58.4 Å². The van der Waals surface area contributed by atoms with Crippen LogP contribution in [0.3, 0.4) is 0 Å². The van der Waals surface area contributed by atoms with Gasteiger partial charge in [0.15, 0.2) is 11.6 Å². The SMILES string of the molecule is Fc1ccc(C23CC([B-](F)(F)F)(C2)C3)cc1F.[K+]. The second-order valence-corrected chi connectivity index (χ2v) is 5.38. The van der Waals surface area contributed by atoms with Crippen LogP contribution in [-0.2, 0) is 5.41 Å². The van der Waals surface area contributed by atoms with Gasteiger partial charge in [-0.05, 0) is 23.1 Å². The molecule has 18 heavy (non-hydrogen) atoms. The minimum Gasteiger partial charge on any atom is -0.449 e. The van der Waals surface area contributed by atoms with Crippen LogP contribution in [0, 0.1) is 11.6 Å². The molecule has 0 spiro atoms. The fourth-order valence-corrected chi connectivity index (χ4v) is 3.35. The first kappa shape index (κ1) is 15.0. The molecule has 3 fully saturated rings. The molecule has 3 saturated carbocycles. The van der Waals surface area contributed by atoms with Crippen LogP contribution in [0.15, 0.2) is 18.2 Å². The summed E-state index contributed by atoms with van der Waals surface area (Å²) in [4.78, 5) is 0. The summed E-state index contributed by atoms with van der Waals surface area (Å²) >= 11 is 0. The van der Waals surface area contributed by atoms with Crippen LogP contribution < -0.4 is 51.4 Å². The first-order chi connectivity index (χ1) is 7.78. The summed E-state index contributed by atoms with van der Waals surface area (Å²) in [7, 11) is 0. The molecule has 92 valence electrons. The Hall–Kier alpha value is 0.571. The van der Waals surface area contributed by atoms with Gasteiger partial charge in [-0.1, -0.05) is 30.6 Å². The Balaban J connectivity index is 0.00000120. The molecule has 3 aliphatic carbocycles. The summed E-state index contributed by atoms with van der Waals surface area (Å²) in [6.07, 6.45) is 0.109. The second-order valence-electron chi connectivity index (χ2n) is 5.38. The van der Waals surface area contributed by atoms with Crippen molar-refractivity contribution >= 4 is 6.98 Å². The zero-order valence-electron chi connectivity index (χ0n) is 9.82. The maximum atomic E-state index is 13.0. The molecule has 0 heterocycles. The maximum absolute atomic E-state index is 13.0. The Morgan fingerprint density at radius 2 is 1.50 bits per heavy atom. The zero-order chi connectivity index (χ0) is 12.5. The molecule has 0 N–H and O–H groups in total. The van der Waals surface area contributed by atoms with Crippen LogP contribution in [0.2, 0.25) is 5.31 Å². The average molecular weight is 286 g/mol. The fraction of sp³-hybridized carbons (Fsp3) is 0.455. The molecule has 0 nitrogen and oxygen atoms in total. The number of halogens is 5. The molecule has 4 rings (SSSR count). The minimum atomic E-state index is -4.82. The van der Waals surface area contributed by atoms with Crippen molar-refractivity contribution in [3.8, 4) is 0 Å². The fourth-order valence-electron chi connectivity index (χ4n) is 3.35. The van der Waals surface area contributed by atoms with E-state index in [4.69, 9.17) is 0 Å². The van der Waals surface area contributed by atoms with Gasteiger partial charge < -0.3 is 12.9 Å². The zero-order valence-corrected chi connectivity index (χ0v) is 12.9. The number of rotatable bonds is 2. The Kier molecular flexibility index (Phi) is 3.56. The second kappa shape index (κ2) is 4.28. The van der Waals surface area contributed by atoms with Gasteiger partial charge in [0.2, 0.25) is 0 Å². The van der Waals surface area contributed by atoms with Crippen LogP contribution in [0.4, 0.5) is 21.7 Å². The van der Waals surface area contributed by atoms with E-state index in [9.17, 15) is 21.7 Å². The van der Waals surface area contributed by atoms with Gasteiger partial charge in [0, 0.05) is 0 Å². The monoisotopic (exact) mass is 286 g/mol. The van der Waals surface area contributed by atoms with Crippen molar-refractivity contribution in [2.24, 2.45) is 0 Å². The van der Waals surface area contributed by atoms with E-state index in [1.54, 1.807) is 0 Å². The standard InChI is InChI=1S/C11H9BF5.K/c13-8-2-1-7(3-9(8)14)10-4-11(5-10,6-10)12(15,16)17;/h1-3H,4-6H2;/q-1;+1. The van der Waals surface area contributed by atoms with E-state index < -0.39 is 29.3 Å². The van der Waals surface area contributed by atoms with Crippen molar-refractivity contribution in [3.05, 3.63) is 35.4 Å². The molecule has 0 amide bonds. The maximum Gasteiger partial charge on any atom is 1.00 e. The van der Waals surface area contributed by atoms with Crippen LogP contribution in [0.25, 0.3) is 0 Å². The van der Waals surface area contributed by atoms with E-state index in [1.807, 2.05) is 0 Å². The summed E-state index contributed by atoms with van der Waals surface area (Å²) in [6, 6.07) is 3.41. The van der Waals surface area contributed by atoms with Crippen LogP contribution in [0.5, 0.6) is 0 Å². The number of hydrogen-bond donors (Lipinski definition) is 0. The average Bonchev–Trinajstić information content (AvgIpc) is 2.03. The van der Waals surface area contributed by atoms with Crippen molar-refractivity contribution in [1.29, 1.82) is 0 Å². The summed E-state index contributed by atoms with van der Waals surface area (Å²) < 4.78 is 63.8. The van der Waals surface area contributed by atoms with Crippen molar-refractivity contribution < 1.29 is 73.1 Å². The normalized spacial score (nSPS) is 33.2. The molecule has 2 bridgehead atoms. The topological polar surface area (TPSA) is 0 Å². The van der Waals surface area contributed by atoms with E-state index >= 15 is 0 Å². The molecule has 0 radical (unpaired) electrons. The predicted molar refractivity (Wildman–Crippen MR) is 53.7 cm³/mol. The van der Waals surface area contributed by atoms with Gasteiger partial charge in [-0.3, -0.25) is 0 Å². The number of benzene rings is 1. The van der Waals surface area contributed by atoms with Gasteiger partial charge in [-0.2, -0.15) is 0 Å². The summed E-state index contributed by atoms with van der Waals surface area (Å²) in [5, 5.41) is -1.50. The van der Waals surface area contributed by atoms with Crippen molar-refractivity contribution in [3.63, 3.8) is 0 Å². The van der Waals surface area contributed by atoms with Crippen LogP contribution >= 0.6 is 0 Å². The molecule has 3 aliphatic rings. The largest absolute Gasteiger partial charge is 1.00 e. The quantitative estimate of drug-likeness (QED) is 0.562. The van der Waals surface area contributed by atoms with E-state index in [1.165, 1.54) is 6.07 Å². The van der Waals surface area contributed by atoms with Gasteiger partial charge in [0.05, 0.1) is 0 Å². The molecular formula is C11H9BF5K. The van der Waals surface area contributed by atoms with E-state index in [2.05, 4.69) is 0 Å². The van der Waals surface area contributed by atoms with Crippen molar-refractivity contribution in [2.75, 3.05) is 0 Å². The Morgan fingerprint density at radius 3 is 1.94 bits per heavy atom. The van der Waals surface area contributed by atoms with Gasteiger partial charge in [-0.25, -0.2) is 8.78 Å². The Morgan fingerprint density at radius 1 is 0.944 bits per heavy atom. The molecule has 1 aromatic rings. The molecule has 0 unspecified atom stereocenters. The Bertz CT molecular complexity index is 479. The van der Waals surface area contributed by atoms with Gasteiger partial charge in [-0.15, -0.1) is 0 Å². The van der Waals surface area contributed by atoms with Crippen LogP contribution in [-0.4, -0.2) is 6.98 Å². The molecular weight excluding hydrogens is 277 g/mol. The predicted octanol–water partition coefficient (Wildman–Crippen LogP) is 0.992. The third-order valence-electron chi connectivity index (χ3n) is 4.30. The summed E-state index contributed by atoms with van der Waals surface area (Å²) in [5.74, 6) is -1.95. The van der Waals surface area contributed by atoms with E-state index in [-0.39, 0.29) is 70.6 Å². The molecule has 0 aliphatic heterocycles. The first-order valence-electron chi connectivity index (χ1n) is 5.43. The molecule has 0 aromatic heterocycles.